The van der Waals surface area contributed by atoms with Crippen molar-refractivity contribution in [2.75, 3.05) is 33.9 Å². The SMILES string of the molecule is COc1cc(OC)c(C(=O)CCN2CCCC(C)C2)cc1Cl. The molecule has 0 amide bonds. The Kier molecular flexibility index (Phi) is 6.09. The molecule has 0 radical (unpaired) electrons. The highest BCUT2D eigenvalue weighted by molar-refractivity contribution is 6.32. The van der Waals surface area contributed by atoms with Crippen LogP contribution in [0.5, 0.6) is 11.5 Å². The zero-order valence-corrected chi connectivity index (χ0v) is 14.3. The number of carbonyl (C=O) groups is 1. The van der Waals surface area contributed by atoms with E-state index in [1.165, 1.54) is 12.8 Å². The summed E-state index contributed by atoms with van der Waals surface area (Å²) in [6.45, 7) is 5.21. The van der Waals surface area contributed by atoms with E-state index in [9.17, 15) is 4.79 Å². The Hall–Kier alpha value is -1.26. The molecule has 1 atom stereocenters. The second-order valence-corrected chi connectivity index (χ2v) is 6.32. The molecule has 0 bridgehead atoms. The Labute approximate surface area is 137 Å². The number of piperidine rings is 1. The number of benzene rings is 1. The first-order valence-corrected chi connectivity index (χ1v) is 8.10. The first kappa shape index (κ1) is 17.1. The van der Waals surface area contributed by atoms with E-state index < -0.39 is 0 Å². The van der Waals surface area contributed by atoms with Crippen LogP contribution in [-0.4, -0.2) is 44.5 Å². The van der Waals surface area contributed by atoms with Gasteiger partial charge in [-0.15, -0.1) is 0 Å². The molecule has 5 heteroatoms. The van der Waals surface area contributed by atoms with Crippen LogP contribution in [-0.2, 0) is 0 Å². The Bertz CT molecular complexity index is 533. The molecule has 0 N–H and O–H groups in total. The number of ether oxygens (including phenoxy) is 2. The maximum atomic E-state index is 12.5. The molecule has 122 valence electrons. The van der Waals surface area contributed by atoms with Crippen LogP contribution in [0.3, 0.4) is 0 Å². The van der Waals surface area contributed by atoms with Crippen molar-refractivity contribution in [2.45, 2.75) is 26.2 Å². The fourth-order valence-corrected chi connectivity index (χ4v) is 3.20. The number of carbonyl (C=O) groups excluding carboxylic acids is 1. The van der Waals surface area contributed by atoms with Crippen molar-refractivity contribution >= 4 is 17.4 Å². The number of rotatable bonds is 6. The van der Waals surface area contributed by atoms with E-state index in [0.717, 1.165) is 19.6 Å². The molecule has 2 rings (SSSR count). The van der Waals surface area contributed by atoms with Gasteiger partial charge in [-0.1, -0.05) is 18.5 Å². The van der Waals surface area contributed by atoms with Crippen molar-refractivity contribution in [1.82, 2.24) is 4.90 Å². The normalized spacial score (nSPS) is 19.0. The van der Waals surface area contributed by atoms with E-state index in [1.807, 2.05) is 0 Å². The summed E-state index contributed by atoms with van der Waals surface area (Å²) >= 11 is 6.13. The molecule has 0 aliphatic carbocycles. The van der Waals surface area contributed by atoms with E-state index in [1.54, 1.807) is 26.4 Å². The van der Waals surface area contributed by atoms with Gasteiger partial charge in [-0.2, -0.15) is 0 Å². The second-order valence-electron chi connectivity index (χ2n) is 5.91. The third-order valence-corrected chi connectivity index (χ3v) is 4.47. The standard InChI is InChI=1S/C17H24ClNO3/c1-12-5-4-7-19(11-12)8-6-15(20)13-9-14(18)17(22-3)10-16(13)21-2/h9-10,12H,4-8,11H2,1-3H3. The summed E-state index contributed by atoms with van der Waals surface area (Å²) in [6.07, 6.45) is 2.98. The highest BCUT2D eigenvalue weighted by atomic mass is 35.5. The van der Waals surface area contributed by atoms with Gasteiger partial charge in [0.05, 0.1) is 24.8 Å². The molecule has 1 unspecified atom stereocenters. The zero-order chi connectivity index (χ0) is 16.1. The van der Waals surface area contributed by atoms with Gasteiger partial charge in [0, 0.05) is 25.6 Å². The highest BCUT2D eigenvalue weighted by Gasteiger charge is 2.20. The van der Waals surface area contributed by atoms with E-state index in [0.29, 0.717) is 34.4 Å². The number of Topliss-reactive ketones (excluding diaryl/α,β-unsaturated/α-hetero) is 1. The lowest BCUT2D eigenvalue weighted by atomic mass is 9.99. The van der Waals surface area contributed by atoms with Crippen LogP contribution in [0.4, 0.5) is 0 Å². The summed E-state index contributed by atoms with van der Waals surface area (Å²) in [5.41, 5.74) is 0.526. The van der Waals surface area contributed by atoms with Crippen LogP contribution in [0, 0.1) is 5.92 Å². The molecule has 1 aromatic rings. The molecule has 1 heterocycles. The predicted octanol–water partition coefficient (Wildman–Crippen LogP) is 3.66. The number of nitrogens with zero attached hydrogens (tertiary/aromatic N) is 1. The Balaban J connectivity index is 2.04. The Morgan fingerprint density at radius 1 is 1.32 bits per heavy atom. The van der Waals surface area contributed by atoms with Gasteiger partial charge in [0.25, 0.3) is 0 Å². The number of halogens is 1. The van der Waals surface area contributed by atoms with Crippen LogP contribution in [0.1, 0.15) is 36.5 Å². The number of methoxy groups -OCH3 is 2. The summed E-state index contributed by atoms with van der Waals surface area (Å²) in [5, 5.41) is 0.429. The van der Waals surface area contributed by atoms with Gasteiger partial charge < -0.3 is 14.4 Å². The largest absolute Gasteiger partial charge is 0.496 e. The molecular formula is C17H24ClNO3. The number of likely N-dealkylation sites (tertiary alicyclic amines) is 1. The molecule has 0 aromatic heterocycles. The summed E-state index contributed by atoms with van der Waals surface area (Å²) in [4.78, 5) is 14.9. The summed E-state index contributed by atoms with van der Waals surface area (Å²) in [5.74, 6) is 1.80. The van der Waals surface area contributed by atoms with Gasteiger partial charge in [0.15, 0.2) is 5.78 Å². The molecule has 1 aromatic carbocycles. The lowest BCUT2D eigenvalue weighted by molar-refractivity contribution is 0.0946. The second kappa shape index (κ2) is 7.84. The maximum absolute atomic E-state index is 12.5. The third-order valence-electron chi connectivity index (χ3n) is 4.17. The predicted molar refractivity (Wildman–Crippen MR) is 88.3 cm³/mol. The van der Waals surface area contributed by atoms with Crippen LogP contribution < -0.4 is 9.47 Å². The van der Waals surface area contributed by atoms with Gasteiger partial charge in [0.1, 0.15) is 11.5 Å². The zero-order valence-electron chi connectivity index (χ0n) is 13.5. The van der Waals surface area contributed by atoms with E-state index in [-0.39, 0.29) is 5.78 Å². The smallest absolute Gasteiger partial charge is 0.167 e. The highest BCUT2D eigenvalue weighted by Crippen LogP contribution is 2.33. The molecule has 1 aliphatic heterocycles. The van der Waals surface area contributed by atoms with Crippen LogP contribution >= 0.6 is 11.6 Å². The van der Waals surface area contributed by atoms with Gasteiger partial charge in [-0.25, -0.2) is 0 Å². The average Bonchev–Trinajstić information content (AvgIpc) is 2.52. The molecule has 4 nitrogen and oxygen atoms in total. The van der Waals surface area contributed by atoms with Crippen molar-refractivity contribution in [3.05, 3.63) is 22.7 Å². The summed E-state index contributed by atoms with van der Waals surface area (Å²) in [6, 6.07) is 3.30. The summed E-state index contributed by atoms with van der Waals surface area (Å²) < 4.78 is 10.5. The summed E-state index contributed by atoms with van der Waals surface area (Å²) in [7, 11) is 3.09. The molecule has 1 saturated heterocycles. The fraction of sp³-hybridized carbons (Fsp3) is 0.588. The Morgan fingerprint density at radius 3 is 2.68 bits per heavy atom. The van der Waals surface area contributed by atoms with Crippen LogP contribution in [0.25, 0.3) is 0 Å². The minimum atomic E-state index is 0.0552. The lowest BCUT2D eigenvalue weighted by Gasteiger charge is -2.30. The van der Waals surface area contributed by atoms with Crippen molar-refractivity contribution in [3.8, 4) is 11.5 Å². The van der Waals surface area contributed by atoms with Crippen molar-refractivity contribution in [2.24, 2.45) is 5.92 Å². The van der Waals surface area contributed by atoms with Crippen molar-refractivity contribution in [3.63, 3.8) is 0 Å². The minimum Gasteiger partial charge on any atom is -0.496 e. The van der Waals surface area contributed by atoms with Gasteiger partial charge >= 0.3 is 0 Å². The molecule has 1 aliphatic rings. The molecule has 22 heavy (non-hydrogen) atoms. The molecular weight excluding hydrogens is 302 g/mol. The molecule has 0 saturated carbocycles. The first-order chi connectivity index (χ1) is 10.5. The number of ketones is 1. The van der Waals surface area contributed by atoms with Gasteiger partial charge in [-0.05, 0) is 31.4 Å². The van der Waals surface area contributed by atoms with Crippen LogP contribution in [0.15, 0.2) is 12.1 Å². The average molecular weight is 326 g/mol. The van der Waals surface area contributed by atoms with Gasteiger partial charge in [0.2, 0.25) is 0 Å². The molecule has 0 spiro atoms. The van der Waals surface area contributed by atoms with Gasteiger partial charge in [-0.3, -0.25) is 4.79 Å². The van der Waals surface area contributed by atoms with E-state index in [2.05, 4.69) is 11.8 Å². The van der Waals surface area contributed by atoms with Crippen molar-refractivity contribution < 1.29 is 14.3 Å². The van der Waals surface area contributed by atoms with Crippen LogP contribution in [0.2, 0.25) is 5.02 Å². The van der Waals surface area contributed by atoms with E-state index in [4.69, 9.17) is 21.1 Å². The first-order valence-electron chi connectivity index (χ1n) is 7.72. The number of hydrogen-bond donors (Lipinski definition) is 0. The fourth-order valence-electron chi connectivity index (χ4n) is 2.96. The topological polar surface area (TPSA) is 38.8 Å². The number of hydrogen-bond acceptors (Lipinski definition) is 4. The maximum Gasteiger partial charge on any atom is 0.167 e. The molecule has 1 fully saturated rings. The Morgan fingerprint density at radius 2 is 2.05 bits per heavy atom. The minimum absolute atomic E-state index is 0.0552. The monoisotopic (exact) mass is 325 g/mol. The third kappa shape index (κ3) is 4.14. The van der Waals surface area contributed by atoms with E-state index >= 15 is 0 Å². The lowest BCUT2D eigenvalue weighted by Crippen LogP contribution is -2.35. The quantitative estimate of drug-likeness (QED) is 0.748. The van der Waals surface area contributed by atoms with Crippen molar-refractivity contribution in [1.29, 1.82) is 0 Å².